The number of ether oxygens (including phenoxy) is 2. The lowest BCUT2D eigenvalue weighted by molar-refractivity contribution is -0.00390. The van der Waals surface area contributed by atoms with Crippen LogP contribution in [0.2, 0.25) is 5.02 Å². The van der Waals surface area contributed by atoms with Crippen molar-refractivity contribution in [3.05, 3.63) is 65.7 Å². The Morgan fingerprint density at radius 2 is 1.74 bits per heavy atom. The predicted octanol–water partition coefficient (Wildman–Crippen LogP) is 3.44. The Kier molecular flexibility index (Phi) is 5.33. The van der Waals surface area contributed by atoms with E-state index < -0.39 is 18.3 Å². The van der Waals surface area contributed by atoms with Gasteiger partial charge in [-0.3, -0.25) is 0 Å². The van der Waals surface area contributed by atoms with Crippen LogP contribution in [0.15, 0.2) is 60.7 Å². The average molecular weight is 438 g/mol. The van der Waals surface area contributed by atoms with Crippen molar-refractivity contribution in [2.24, 2.45) is 0 Å². The summed E-state index contributed by atoms with van der Waals surface area (Å²) in [7, 11) is 0. The number of nitrogens with zero attached hydrogens (tertiary/aromatic N) is 2. The number of aliphatic hydroxyl groups excluding tert-OH is 2. The van der Waals surface area contributed by atoms with Crippen LogP contribution in [0.3, 0.4) is 0 Å². The number of hydrogen-bond donors (Lipinski definition) is 3. The molecule has 8 heteroatoms. The van der Waals surface area contributed by atoms with E-state index >= 15 is 0 Å². The van der Waals surface area contributed by atoms with Gasteiger partial charge in [-0.05, 0) is 17.2 Å². The molecule has 0 aliphatic carbocycles. The number of pyridine rings is 1. The van der Waals surface area contributed by atoms with E-state index in [0.29, 0.717) is 21.9 Å². The number of halogens is 1. The van der Waals surface area contributed by atoms with E-state index in [1.807, 2.05) is 42.5 Å². The number of imidazole rings is 1. The van der Waals surface area contributed by atoms with Crippen molar-refractivity contribution in [3.8, 4) is 28.4 Å². The average Bonchev–Trinajstić information content (AvgIpc) is 3.36. The third-order valence-electron chi connectivity index (χ3n) is 5.35. The van der Waals surface area contributed by atoms with Gasteiger partial charge in [-0.2, -0.15) is 4.98 Å². The highest BCUT2D eigenvalue weighted by Gasteiger charge is 2.37. The van der Waals surface area contributed by atoms with Gasteiger partial charge in [0.1, 0.15) is 12.2 Å². The number of aromatic amines is 1. The molecule has 0 unspecified atom stereocenters. The van der Waals surface area contributed by atoms with E-state index in [-0.39, 0.29) is 19.2 Å². The molecule has 0 radical (unpaired) electrons. The maximum absolute atomic E-state index is 10.1. The van der Waals surface area contributed by atoms with Crippen molar-refractivity contribution in [2.75, 3.05) is 13.2 Å². The molecule has 1 aliphatic rings. The maximum atomic E-state index is 10.1. The number of hydrogen-bond acceptors (Lipinski definition) is 6. The summed E-state index contributed by atoms with van der Waals surface area (Å²) in [5.41, 5.74) is 4.82. The molecule has 5 rings (SSSR count). The fourth-order valence-corrected chi connectivity index (χ4v) is 3.93. The summed E-state index contributed by atoms with van der Waals surface area (Å²) in [4.78, 5) is 12.0. The molecule has 0 saturated carbocycles. The van der Waals surface area contributed by atoms with Crippen LogP contribution in [0.5, 0.6) is 6.01 Å². The number of benzene rings is 2. The van der Waals surface area contributed by atoms with Crippen LogP contribution in [0.4, 0.5) is 0 Å². The summed E-state index contributed by atoms with van der Waals surface area (Å²) in [5, 5.41) is 19.8. The lowest BCUT2D eigenvalue weighted by Crippen LogP contribution is -2.36. The number of H-pyrrole nitrogens is 1. The summed E-state index contributed by atoms with van der Waals surface area (Å²) < 4.78 is 11.0. The molecular weight excluding hydrogens is 418 g/mol. The normalized spacial score (nSPS) is 20.9. The van der Waals surface area contributed by atoms with Gasteiger partial charge >= 0.3 is 0 Å². The van der Waals surface area contributed by atoms with Gasteiger partial charge in [0.15, 0.2) is 11.8 Å². The molecule has 3 N–H and O–H groups in total. The first-order valence-corrected chi connectivity index (χ1v) is 10.3. The van der Waals surface area contributed by atoms with Gasteiger partial charge < -0.3 is 24.7 Å². The largest absolute Gasteiger partial charge is 0.456 e. The fourth-order valence-electron chi connectivity index (χ4n) is 3.67. The highest BCUT2D eigenvalue weighted by molar-refractivity contribution is 6.33. The van der Waals surface area contributed by atoms with Crippen LogP contribution in [0.1, 0.15) is 0 Å². The highest BCUT2D eigenvalue weighted by atomic mass is 35.5. The molecule has 3 atom stereocenters. The summed E-state index contributed by atoms with van der Waals surface area (Å²) in [6, 6.07) is 20.1. The van der Waals surface area contributed by atoms with Gasteiger partial charge in [-0.25, -0.2) is 4.98 Å². The predicted molar refractivity (Wildman–Crippen MR) is 117 cm³/mol. The zero-order chi connectivity index (χ0) is 21.4. The van der Waals surface area contributed by atoms with Crippen LogP contribution in [0, 0.1) is 0 Å². The van der Waals surface area contributed by atoms with Gasteiger partial charge in [0.2, 0.25) is 0 Å². The molecule has 2 aromatic carbocycles. The third kappa shape index (κ3) is 3.88. The van der Waals surface area contributed by atoms with Crippen molar-refractivity contribution in [2.45, 2.75) is 18.3 Å². The van der Waals surface area contributed by atoms with Crippen LogP contribution >= 0.6 is 11.6 Å². The molecule has 2 aromatic heterocycles. The van der Waals surface area contributed by atoms with Crippen LogP contribution in [-0.2, 0) is 4.74 Å². The summed E-state index contributed by atoms with van der Waals surface area (Å²) in [6.45, 7) is -0.110. The first kappa shape index (κ1) is 20.0. The summed E-state index contributed by atoms with van der Waals surface area (Å²) in [5.74, 6) is 0. The number of rotatable bonds is 5. The second-order valence-electron chi connectivity index (χ2n) is 7.38. The zero-order valence-corrected chi connectivity index (χ0v) is 17.2. The molecule has 158 valence electrons. The van der Waals surface area contributed by atoms with Gasteiger partial charge in [-0.1, -0.05) is 66.2 Å². The SMILES string of the molecule is OC[C@H]1OC[C@H](Oc2nc3nc(-c4ccc(-c5ccccc5)cc4)c(Cl)cc3[nH]2)[C@@H]1O. The van der Waals surface area contributed by atoms with E-state index in [1.165, 1.54) is 0 Å². The lowest BCUT2D eigenvalue weighted by Gasteiger charge is -2.15. The quantitative estimate of drug-likeness (QED) is 0.442. The topological polar surface area (TPSA) is 100 Å². The van der Waals surface area contributed by atoms with Gasteiger partial charge in [0.05, 0.1) is 29.4 Å². The van der Waals surface area contributed by atoms with E-state index in [2.05, 4.69) is 27.1 Å². The van der Waals surface area contributed by atoms with Gasteiger partial charge in [0.25, 0.3) is 6.01 Å². The molecule has 0 amide bonds. The fraction of sp³-hybridized carbons (Fsp3) is 0.217. The van der Waals surface area contributed by atoms with E-state index in [1.54, 1.807) is 6.07 Å². The second-order valence-corrected chi connectivity index (χ2v) is 7.78. The van der Waals surface area contributed by atoms with Crippen molar-refractivity contribution >= 4 is 22.8 Å². The molecule has 1 fully saturated rings. The summed E-state index contributed by atoms with van der Waals surface area (Å²) in [6.07, 6.45) is -2.22. The molecule has 31 heavy (non-hydrogen) atoms. The molecule has 1 aliphatic heterocycles. The molecule has 0 bridgehead atoms. The Balaban J connectivity index is 1.41. The lowest BCUT2D eigenvalue weighted by atomic mass is 10.0. The smallest absolute Gasteiger partial charge is 0.296 e. The van der Waals surface area contributed by atoms with Gasteiger partial charge in [0, 0.05) is 5.56 Å². The maximum Gasteiger partial charge on any atom is 0.296 e. The van der Waals surface area contributed by atoms with E-state index in [0.717, 1.165) is 16.7 Å². The van der Waals surface area contributed by atoms with Crippen molar-refractivity contribution in [3.63, 3.8) is 0 Å². The molecule has 7 nitrogen and oxygen atoms in total. The van der Waals surface area contributed by atoms with E-state index in [4.69, 9.17) is 21.1 Å². The number of nitrogens with one attached hydrogen (secondary N) is 1. The Hall–Kier alpha value is -2.97. The molecule has 3 heterocycles. The minimum Gasteiger partial charge on any atom is -0.456 e. The molecule has 1 saturated heterocycles. The van der Waals surface area contributed by atoms with Crippen molar-refractivity contribution < 1.29 is 19.7 Å². The zero-order valence-electron chi connectivity index (χ0n) is 16.4. The Labute approximate surface area is 183 Å². The third-order valence-corrected chi connectivity index (χ3v) is 5.64. The standard InChI is InChI=1S/C23H20ClN3O4/c24-16-10-17-22(27-23(25-17)31-19-12-30-18(11-28)21(19)29)26-20(16)15-8-6-14(7-9-15)13-4-2-1-3-5-13/h1-10,18-19,21,28-29H,11-12H2,(H,25,26,27)/t18-,19+,21-/m1/s1. The van der Waals surface area contributed by atoms with E-state index in [9.17, 15) is 10.2 Å². The van der Waals surface area contributed by atoms with Crippen molar-refractivity contribution in [1.29, 1.82) is 0 Å². The number of aliphatic hydroxyl groups is 2. The van der Waals surface area contributed by atoms with Crippen LogP contribution in [-0.4, -0.2) is 56.7 Å². The minimum atomic E-state index is -0.937. The molecule has 0 spiro atoms. The minimum absolute atomic E-state index is 0.163. The highest BCUT2D eigenvalue weighted by Crippen LogP contribution is 2.31. The Morgan fingerprint density at radius 3 is 2.45 bits per heavy atom. The monoisotopic (exact) mass is 437 g/mol. The summed E-state index contributed by atoms with van der Waals surface area (Å²) >= 11 is 6.50. The first-order valence-electron chi connectivity index (χ1n) is 9.91. The number of aromatic nitrogens is 3. The van der Waals surface area contributed by atoms with Crippen LogP contribution < -0.4 is 4.74 Å². The molecular formula is C23H20ClN3O4. The van der Waals surface area contributed by atoms with Crippen molar-refractivity contribution in [1.82, 2.24) is 15.0 Å². The Morgan fingerprint density at radius 1 is 1.03 bits per heavy atom. The molecule has 4 aromatic rings. The van der Waals surface area contributed by atoms with Gasteiger partial charge in [-0.15, -0.1) is 0 Å². The second kappa shape index (κ2) is 8.28. The Bertz CT molecular complexity index is 1200. The van der Waals surface area contributed by atoms with Crippen LogP contribution in [0.25, 0.3) is 33.5 Å². The number of fused-ring (bicyclic) bond motifs is 1. The first-order chi connectivity index (χ1) is 15.1.